The average Bonchev–Trinajstić information content (AvgIpc) is 2.60. The van der Waals surface area contributed by atoms with Crippen molar-refractivity contribution < 1.29 is 4.79 Å². The first kappa shape index (κ1) is 11.2. The van der Waals surface area contributed by atoms with E-state index in [0.717, 1.165) is 3.79 Å². The molecule has 5 heteroatoms. The Balaban J connectivity index is 2.78. The molecule has 0 N–H and O–H groups in total. The maximum absolute atomic E-state index is 11.7. The molecule has 0 aromatic carbocycles. The lowest BCUT2D eigenvalue weighted by Gasteiger charge is -2.15. The summed E-state index contributed by atoms with van der Waals surface area (Å²) in [5, 5.41) is 8.52. The van der Waals surface area contributed by atoms with Gasteiger partial charge >= 0.3 is 0 Å². The molecule has 14 heavy (non-hydrogen) atoms. The number of thiophene rings is 1. The summed E-state index contributed by atoms with van der Waals surface area (Å²) < 4.78 is 0.925. The SMILES string of the molecule is CCN(CC#N)C(=O)c1ccc(Br)s1. The second-order valence-corrected chi connectivity index (χ2v) is 5.04. The highest BCUT2D eigenvalue weighted by molar-refractivity contribution is 9.11. The summed E-state index contributed by atoms with van der Waals surface area (Å²) in [7, 11) is 0. The first-order valence-corrected chi connectivity index (χ1v) is 5.71. The van der Waals surface area contributed by atoms with Crippen LogP contribution in [0.15, 0.2) is 15.9 Å². The van der Waals surface area contributed by atoms with Crippen molar-refractivity contribution in [3.05, 3.63) is 20.8 Å². The van der Waals surface area contributed by atoms with Crippen LogP contribution in [0.4, 0.5) is 0 Å². The molecule has 3 nitrogen and oxygen atoms in total. The van der Waals surface area contributed by atoms with E-state index in [0.29, 0.717) is 11.4 Å². The minimum absolute atomic E-state index is 0.0789. The minimum atomic E-state index is -0.0789. The van der Waals surface area contributed by atoms with E-state index in [9.17, 15) is 4.79 Å². The van der Waals surface area contributed by atoms with E-state index in [4.69, 9.17) is 5.26 Å². The Morgan fingerprint density at radius 2 is 2.43 bits per heavy atom. The van der Waals surface area contributed by atoms with Crippen LogP contribution in [0, 0.1) is 11.3 Å². The molecule has 0 fully saturated rings. The predicted molar refractivity (Wildman–Crippen MR) is 59.2 cm³/mol. The Morgan fingerprint density at radius 1 is 1.71 bits per heavy atom. The van der Waals surface area contributed by atoms with Crippen molar-refractivity contribution in [1.82, 2.24) is 4.90 Å². The minimum Gasteiger partial charge on any atom is -0.325 e. The van der Waals surface area contributed by atoms with Crippen molar-refractivity contribution >= 4 is 33.2 Å². The van der Waals surface area contributed by atoms with Crippen LogP contribution in [-0.2, 0) is 0 Å². The lowest BCUT2D eigenvalue weighted by molar-refractivity contribution is 0.0789. The summed E-state index contributed by atoms with van der Waals surface area (Å²) in [6, 6.07) is 5.57. The Labute approximate surface area is 95.1 Å². The molecule has 0 aliphatic heterocycles. The van der Waals surface area contributed by atoms with Gasteiger partial charge in [0.15, 0.2) is 0 Å². The van der Waals surface area contributed by atoms with Crippen LogP contribution in [0.5, 0.6) is 0 Å². The number of hydrogen-bond donors (Lipinski definition) is 0. The standard InChI is InChI=1S/C9H9BrN2OS/c1-2-12(6-5-11)9(13)7-3-4-8(10)14-7/h3-4H,2,6H2,1H3. The van der Waals surface area contributed by atoms with Crippen molar-refractivity contribution in [2.24, 2.45) is 0 Å². The van der Waals surface area contributed by atoms with Gasteiger partial charge in [-0.25, -0.2) is 0 Å². The molecule has 0 bridgehead atoms. The van der Waals surface area contributed by atoms with E-state index in [1.54, 1.807) is 6.07 Å². The second kappa shape index (κ2) is 5.13. The third-order valence-electron chi connectivity index (χ3n) is 1.71. The summed E-state index contributed by atoms with van der Waals surface area (Å²) in [5.74, 6) is -0.0789. The van der Waals surface area contributed by atoms with Gasteiger partial charge in [-0.3, -0.25) is 4.79 Å². The number of nitrogens with zero attached hydrogens (tertiary/aromatic N) is 2. The van der Waals surface area contributed by atoms with Gasteiger partial charge in [0.1, 0.15) is 6.54 Å². The fourth-order valence-corrected chi connectivity index (χ4v) is 2.35. The predicted octanol–water partition coefficient (Wildman–Crippen LogP) is 2.50. The summed E-state index contributed by atoms with van der Waals surface area (Å²) in [5.41, 5.74) is 0. The average molecular weight is 273 g/mol. The molecule has 1 rings (SSSR count). The summed E-state index contributed by atoms with van der Waals surface area (Å²) in [4.78, 5) is 13.9. The van der Waals surface area contributed by atoms with Crippen molar-refractivity contribution in [2.45, 2.75) is 6.92 Å². The maximum atomic E-state index is 11.7. The number of rotatable bonds is 3. The molecule has 0 spiro atoms. The fourth-order valence-electron chi connectivity index (χ4n) is 0.998. The fraction of sp³-hybridized carbons (Fsp3) is 0.333. The van der Waals surface area contributed by atoms with E-state index >= 15 is 0 Å². The lowest BCUT2D eigenvalue weighted by atomic mass is 10.4. The van der Waals surface area contributed by atoms with Crippen molar-refractivity contribution in [3.63, 3.8) is 0 Å². The zero-order valence-corrected chi connectivity index (χ0v) is 10.1. The number of carbonyl (C=O) groups is 1. The van der Waals surface area contributed by atoms with Gasteiger partial charge in [-0.05, 0) is 35.0 Å². The maximum Gasteiger partial charge on any atom is 0.264 e. The van der Waals surface area contributed by atoms with Crippen LogP contribution in [0.2, 0.25) is 0 Å². The van der Waals surface area contributed by atoms with Crippen LogP contribution in [0.1, 0.15) is 16.6 Å². The van der Waals surface area contributed by atoms with Crippen LogP contribution >= 0.6 is 27.3 Å². The Bertz CT molecular complexity index is 369. The van der Waals surface area contributed by atoms with Crippen molar-refractivity contribution in [3.8, 4) is 6.07 Å². The molecule has 1 aromatic heterocycles. The molecule has 0 saturated heterocycles. The molecule has 0 radical (unpaired) electrons. The normalized spacial score (nSPS) is 9.50. The summed E-state index contributed by atoms with van der Waals surface area (Å²) >= 11 is 4.67. The molecule has 0 aliphatic carbocycles. The number of hydrogen-bond acceptors (Lipinski definition) is 3. The van der Waals surface area contributed by atoms with Crippen molar-refractivity contribution in [2.75, 3.05) is 13.1 Å². The number of halogens is 1. The molecule has 0 atom stereocenters. The first-order valence-electron chi connectivity index (χ1n) is 4.10. The smallest absolute Gasteiger partial charge is 0.264 e. The first-order chi connectivity index (χ1) is 6.69. The molecule has 0 saturated carbocycles. The third kappa shape index (κ3) is 2.56. The molecule has 74 valence electrons. The summed E-state index contributed by atoms with van der Waals surface area (Å²) in [6.45, 7) is 2.56. The molecule has 0 unspecified atom stereocenters. The van der Waals surface area contributed by atoms with E-state index in [1.807, 2.05) is 19.1 Å². The highest BCUT2D eigenvalue weighted by atomic mass is 79.9. The van der Waals surface area contributed by atoms with Crippen LogP contribution in [-0.4, -0.2) is 23.9 Å². The van der Waals surface area contributed by atoms with E-state index < -0.39 is 0 Å². The van der Waals surface area contributed by atoms with Gasteiger partial charge in [0.2, 0.25) is 0 Å². The van der Waals surface area contributed by atoms with Crippen LogP contribution in [0.25, 0.3) is 0 Å². The molecular weight excluding hydrogens is 264 g/mol. The van der Waals surface area contributed by atoms with Gasteiger partial charge in [0, 0.05) is 6.54 Å². The van der Waals surface area contributed by atoms with Gasteiger partial charge in [-0.1, -0.05) is 0 Å². The van der Waals surface area contributed by atoms with E-state index in [1.165, 1.54) is 16.2 Å². The van der Waals surface area contributed by atoms with E-state index in [-0.39, 0.29) is 12.5 Å². The zero-order valence-electron chi connectivity index (χ0n) is 7.66. The molecule has 1 heterocycles. The van der Waals surface area contributed by atoms with Crippen LogP contribution < -0.4 is 0 Å². The molecular formula is C9H9BrN2OS. The Hall–Kier alpha value is -0.860. The highest BCUT2D eigenvalue weighted by Gasteiger charge is 2.15. The molecule has 0 aliphatic rings. The Morgan fingerprint density at radius 3 is 2.86 bits per heavy atom. The monoisotopic (exact) mass is 272 g/mol. The molecule has 1 amide bonds. The van der Waals surface area contributed by atoms with Gasteiger partial charge in [-0.15, -0.1) is 11.3 Å². The second-order valence-electron chi connectivity index (χ2n) is 2.58. The van der Waals surface area contributed by atoms with Gasteiger partial charge in [0.25, 0.3) is 5.91 Å². The highest BCUT2D eigenvalue weighted by Crippen LogP contribution is 2.23. The van der Waals surface area contributed by atoms with Gasteiger partial charge < -0.3 is 4.90 Å². The third-order valence-corrected chi connectivity index (χ3v) is 3.33. The van der Waals surface area contributed by atoms with Crippen LogP contribution in [0.3, 0.4) is 0 Å². The molecule has 1 aromatic rings. The largest absolute Gasteiger partial charge is 0.325 e. The van der Waals surface area contributed by atoms with Gasteiger partial charge in [-0.2, -0.15) is 5.26 Å². The summed E-state index contributed by atoms with van der Waals surface area (Å²) in [6.07, 6.45) is 0. The lowest BCUT2D eigenvalue weighted by Crippen LogP contribution is -2.30. The Kier molecular flexibility index (Phi) is 4.11. The van der Waals surface area contributed by atoms with Gasteiger partial charge in [0.05, 0.1) is 14.7 Å². The quantitative estimate of drug-likeness (QED) is 0.794. The van der Waals surface area contributed by atoms with Crippen molar-refractivity contribution in [1.29, 1.82) is 5.26 Å². The number of amides is 1. The topological polar surface area (TPSA) is 44.1 Å². The van der Waals surface area contributed by atoms with E-state index in [2.05, 4.69) is 15.9 Å². The number of nitriles is 1. The zero-order chi connectivity index (χ0) is 10.6. The number of carbonyl (C=O) groups excluding carboxylic acids is 1.